The van der Waals surface area contributed by atoms with Gasteiger partial charge in [0.2, 0.25) is 0 Å². The van der Waals surface area contributed by atoms with E-state index in [-0.39, 0.29) is 43.2 Å². The van der Waals surface area contributed by atoms with Gasteiger partial charge in [-0.1, -0.05) is 10.4 Å². The summed E-state index contributed by atoms with van der Waals surface area (Å²) in [5.74, 6) is 0. The third-order valence-corrected chi connectivity index (χ3v) is 5.56. The number of hydrogen-bond acceptors (Lipinski definition) is 9. The van der Waals surface area contributed by atoms with Crippen LogP contribution in [0.3, 0.4) is 0 Å². The molecule has 2 aromatic heterocycles. The van der Waals surface area contributed by atoms with E-state index in [1.165, 1.54) is 0 Å². The largest absolute Gasteiger partial charge is 0.381 e. The highest BCUT2D eigenvalue weighted by molar-refractivity contribution is 6.11. The molecule has 6 unspecified atom stereocenters. The van der Waals surface area contributed by atoms with Gasteiger partial charge in [-0.05, 0) is 12.8 Å². The van der Waals surface area contributed by atoms with E-state index in [0.29, 0.717) is 19.6 Å². The maximum atomic E-state index is 6.12. The predicted molar refractivity (Wildman–Crippen MR) is 111 cm³/mol. The van der Waals surface area contributed by atoms with Crippen molar-refractivity contribution in [3.8, 4) is 0 Å². The summed E-state index contributed by atoms with van der Waals surface area (Å²) in [5.41, 5.74) is 7.28. The molecule has 6 atom stereocenters. The van der Waals surface area contributed by atoms with Crippen molar-refractivity contribution in [2.45, 2.75) is 68.8 Å². The number of hydrogen-bond donors (Lipinski definition) is 1. The quantitative estimate of drug-likeness (QED) is 0.344. The topological polar surface area (TPSA) is 124 Å². The molecule has 0 aromatic carbocycles. The van der Waals surface area contributed by atoms with Crippen LogP contribution < -0.4 is 5.73 Å². The van der Waals surface area contributed by atoms with E-state index < -0.39 is 0 Å². The molecule has 11 nitrogen and oxygen atoms in total. The summed E-state index contributed by atoms with van der Waals surface area (Å²) in [6.07, 6.45) is 6.62. The first-order valence-electron chi connectivity index (χ1n) is 10.5. The zero-order chi connectivity index (χ0) is 21.1. The number of nitrogens with two attached hydrogens (primary N) is 1. The van der Waals surface area contributed by atoms with Crippen molar-refractivity contribution in [1.82, 2.24) is 30.0 Å². The summed E-state index contributed by atoms with van der Waals surface area (Å²) in [6.45, 7) is 0.505. The molecule has 4 heterocycles. The summed E-state index contributed by atoms with van der Waals surface area (Å²) in [7, 11) is 5.95. The van der Waals surface area contributed by atoms with Gasteiger partial charge in [0.15, 0.2) is 0 Å². The molecule has 30 heavy (non-hydrogen) atoms. The molecule has 2 aromatic rings. The van der Waals surface area contributed by atoms with Gasteiger partial charge in [0.1, 0.15) is 22.4 Å². The van der Waals surface area contributed by atoms with Gasteiger partial charge in [0, 0.05) is 38.1 Å². The highest BCUT2D eigenvalue weighted by atomic mass is 16.6. The van der Waals surface area contributed by atoms with Crippen LogP contribution in [0.5, 0.6) is 0 Å². The van der Waals surface area contributed by atoms with E-state index in [0.717, 1.165) is 24.2 Å². The van der Waals surface area contributed by atoms with Crippen LogP contribution >= 0.6 is 0 Å². The Hall–Kier alpha value is -1.79. The van der Waals surface area contributed by atoms with Crippen LogP contribution in [0, 0.1) is 0 Å². The molecule has 0 spiro atoms. The molecular weight excluding hydrogens is 388 g/mol. The van der Waals surface area contributed by atoms with Crippen LogP contribution in [-0.4, -0.2) is 88.8 Å². The minimum absolute atomic E-state index is 0.00892. The van der Waals surface area contributed by atoms with Crippen molar-refractivity contribution in [2.75, 3.05) is 6.73 Å². The van der Waals surface area contributed by atoms with Gasteiger partial charge in [-0.2, -0.15) is 0 Å². The molecule has 2 aliphatic heterocycles. The first-order valence-corrected chi connectivity index (χ1v) is 10.5. The van der Waals surface area contributed by atoms with E-state index in [4.69, 9.17) is 24.7 Å². The minimum atomic E-state index is -0.0601. The minimum Gasteiger partial charge on any atom is -0.381 e. The Morgan fingerprint density at radius 1 is 1.00 bits per heavy atom. The van der Waals surface area contributed by atoms with Crippen molar-refractivity contribution in [3.63, 3.8) is 0 Å². The molecule has 2 N–H and O–H groups in total. The Morgan fingerprint density at radius 2 is 1.60 bits per heavy atom. The third kappa shape index (κ3) is 5.27. The molecule has 0 amide bonds. The molecule has 0 aliphatic carbocycles. The molecule has 162 valence electrons. The van der Waals surface area contributed by atoms with Crippen LogP contribution in [0.15, 0.2) is 12.4 Å². The van der Waals surface area contributed by atoms with E-state index >= 15 is 0 Å². The Bertz CT molecular complexity index is 822. The van der Waals surface area contributed by atoms with Gasteiger partial charge in [-0.15, -0.1) is 10.2 Å². The van der Waals surface area contributed by atoms with E-state index in [1.807, 2.05) is 27.3 Å². The van der Waals surface area contributed by atoms with Crippen LogP contribution in [-0.2, 0) is 45.6 Å². The van der Waals surface area contributed by atoms with Gasteiger partial charge in [-0.3, -0.25) is 4.68 Å². The monoisotopic (exact) mass is 417 g/mol. The molecule has 2 saturated heterocycles. The summed E-state index contributed by atoms with van der Waals surface area (Å²) in [4.78, 5) is 0. The number of ether oxygens (including phenoxy) is 4. The van der Waals surface area contributed by atoms with Crippen molar-refractivity contribution in [1.29, 1.82) is 0 Å². The summed E-state index contributed by atoms with van der Waals surface area (Å²) >= 11 is 0. The normalized spacial score (nSPS) is 31.5. The summed E-state index contributed by atoms with van der Waals surface area (Å²) < 4.78 is 27.1. The van der Waals surface area contributed by atoms with Gasteiger partial charge < -0.3 is 24.7 Å². The Morgan fingerprint density at radius 3 is 2.20 bits per heavy atom. The lowest BCUT2D eigenvalue weighted by molar-refractivity contribution is -0.0440. The number of rotatable bonds is 9. The van der Waals surface area contributed by atoms with Crippen molar-refractivity contribution in [2.24, 2.45) is 12.8 Å². The maximum Gasteiger partial charge on any atom is 0.141 e. The first-order chi connectivity index (χ1) is 14.5. The second-order valence-corrected chi connectivity index (χ2v) is 8.19. The summed E-state index contributed by atoms with van der Waals surface area (Å²) in [6, 6.07) is 0.296. The average Bonchev–Trinajstić information content (AvgIpc) is 3.45. The molecular formula is C17H29B2N7O4. The van der Waals surface area contributed by atoms with Crippen LogP contribution in [0.2, 0.25) is 0 Å². The number of aromatic nitrogens is 6. The Labute approximate surface area is 177 Å². The molecule has 2 aliphatic rings. The second-order valence-electron chi connectivity index (χ2n) is 8.19. The molecule has 0 saturated carbocycles. The van der Waals surface area contributed by atoms with E-state index in [2.05, 4.69) is 28.5 Å². The van der Waals surface area contributed by atoms with Crippen molar-refractivity contribution < 1.29 is 18.9 Å². The molecule has 0 radical (unpaired) electrons. The number of aryl methyl sites for hydroxylation is 1. The lowest BCUT2D eigenvalue weighted by Gasteiger charge is -2.18. The standard InChI is InChI=1S/C17H29B2N7O4/c1-25-6-10(21-23-25)2-15-13(5-17(19)30-15)28-9-26-7-11(22-24-26)3-14-12(27-8-20)4-16(18)29-14/h6-7,12-17H,2-5,8-9,18-20H2,1H3. The van der Waals surface area contributed by atoms with E-state index in [1.54, 1.807) is 9.36 Å². The van der Waals surface area contributed by atoms with Crippen LogP contribution in [0.4, 0.5) is 0 Å². The van der Waals surface area contributed by atoms with Crippen molar-refractivity contribution >= 4 is 15.7 Å². The Balaban J connectivity index is 1.30. The van der Waals surface area contributed by atoms with Crippen LogP contribution in [0.25, 0.3) is 0 Å². The zero-order valence-electron chi connectivity index (χ0n) is 17.8. The Kier molecular flexibility index (Phi) is 6.84. The van der Waals surface area contributed by atoms with Gasteiger partial charge >= 0.3 is 0 Å². The fraction of sp³-hybridized carbons (Fsp3) is 0.765. The molecule has 4 rings (SSSR count). The lowest BCUT2D eigenvalue weighted by Crippen LogP contribution is -2.29. The summed E-state index contributed by atoms with van der Waals surface area (Å²) in [5, 5.41) is 16.6. The highest BCUT2D eigenvalue weighted by Gasteiger charge is 2.35. The number of nitrogens with zero attached hydrogens (tertiary/aromatic N) is 6. The highest BCUT2D eigenvalue weighted by Crippen LogP contribution is 2.25. The van der Waals surface area contributed by atoms with E-state index in [9.17, 15) is 0 Å². The molecule has 0 bridgehead atoms. The van der Waals surface area contributed by atoms with Gasteiger partial charge in [0.05, 0.1) is 48.7 Å². The second kappa shape index (κ2) is 9.56. The van der Waals surface area contributed by atoms with Crippen LogP contribution in [0.1, 0.15) is 24.2 Å². The fourth-order valence-corrected chi connectivity index (χ4v) is 4.24. The van der Waals surface area contributed by atoms with Gasteiger partial charge in [-0.25, -0.2) is 4.68 Å². The average molecular weight is 417 g/mol. The SMILES string of the molecule is BC1CC(OCn2cc(CC3OC(B)CC3OCN)nn2)C(Cc2cn(C)nn2)O1. The fourth-order valence-electron chi connectivity index (χ4n) is 4.24. The molecule has 13 heteroatoms. The van der Waals surface area contributed by atoms with Gasteiger partial charge in [0.25, 0.3) is 0 Å². The predicted octanol–water partition coefficient (Wildman–Crippen LogP) is -2.67. The van der Waals surface area contributed by atoms with Crippen molar-refractivity contribution in [3.05, 3.63) is 23.8 Å². The molecule has 2 fully saturated rings. The first kappa shape index (κ1) is 21.4. The lowest BCUT2D eigenvalue weighted by atomic mass is 9.95. The zero-order valence-corrected chi connectivity index (χ0v) is 17.8. The third-order valence-electron chi connectivity index (χ3n) is 5.56. The maximum absolute atomic E-state index is 6.12. The smallest absolute Gasteiger partial charge is 0.141 e.